The zero-order valence-corrected chi connectivity index (χ0v) is 7.80. The normalized spacial score (nSPS) is 9.92. The van der Waals surface area contributed by atoms with Gasteiger partial charge in [-0.2, -0.15) is 9.97 Å². The Morgan fingerprint density at radius 1 is 1.25 bits per heavy atom. The van der Waals surface area contributed by atoms with Gasteiger partial charge in [-0.3, -0.25) is 0 Å². The Morgan fingerprint density at radius 2 is 2.00 bits per heavy atom. The van der Waals surface area contributed by atoms with Crippen LogP contribution in [0.15, 0.2) is 0 Å². The Kier molecular flexibility index (Phi) is 3.22. The maximum absolute atomic E-state index is 5.62. The maximum Gasteiger partial charge on any atom is 0.320 e. The standard InChI is InChI=1S/C7H10ClN3O/c1-3-5-9-6(8)11-7(10-5)12-4-2/h3-4H2,1-2H3. The molecule has 0 saturated carbocycles. The molecule has 1 aromatic rings. The topological polar surface area (TPSA) is 47.9 Å². The molecule has 5 heteroatoms. The van der Waals surface area contributed by atoms with Gasteiger partial charge >= 0.3 is 6.01 Å². The van der Waals surface area contributed by atoms with E-state index in [-0.39, 0.29) is 5.28 Å². The summed E-state index contributed by atoms with van der Waals surface area (Å²) in [6.45, 7) is 4.34. The van der Waals surface area contributed by atoms with Gasteiger partial charge in [-0.25, -0.2) is 4.98 Å². The van der Waals surface area contributed by atoms with Crippen LogP contribution in [0.2, 0.25) is 5.28 Å². The minimum Gasteiger partial charge on any atom is -0.464 e. The predicted octanol–water partition coefficient (Wildman–Crippen LogP) is 1.49. The van der Waals surface area contributed by atoms with Crippen LogP contribution >= 0.6 is 11.6 Å². The smallest absolute Gasteiger partial charge is 0.320 e. The van der Waals surface area contributed by atoms with Crippen molar-refractivity contribution in [3.63, 3.8) is 0 Å². The lowest BCUT2D eigenvalue weighted by Gasteiger charge is -2.01. The Bertz CT molecular complexity index is 267. The molecule has 4 nitrogen and oxygen atoms in total. The minimum atomic E-state index is 0.185. The van der Waals surface area contributed by atoms with Gasteiger partial charge in [0, 0.05) is 6.42 Å². The second-order valence-corrected chi connectivity index (χ2v) is 2.43. The fourth-order valence-corrected chi connectivity index (χ4v) is 0.892. The van der Waals surface area contributed by atoms with E-state index in [0.717, 1.165) is 6.42 Å². The van der Waals surface area contributed by atoms with E-state index in [1.54, 1.807) is 0 Å². The number of hydrogen-bond acceptors (Lipinski definition) is 4. The van der Waals surface area contributed by atoms with E-state index in [9.17, 15) is 0 Å². The van der Waals surface area contributed by atoms with Gasteiger partial charge in [-0.05, 0) is 18.5 Å². The molecule has 12 heavy (non-hydrogen) atoms. The molecular formula is C7H10ClN3O. The highest BCUT2D eigenvalue weighted by Crippen LogP contribution is 2.07. The Hall–Kier alpha value is -0.900. The molecule has 0 N–H and O–H groups in total. The van der Waals surface area contributed by atoms with E-state index in [4.69, 9.17) is 16.3 Å². The van der Waals surface area contributed by atoms with Crippen LogP contribution in [0.5, 0.6) is 6.01 Å². The summed E-state index contributed by atoms with van der Waals surface area (Å²) in [5.74, 6) is 0.651. The molecule has 0 atom stereocenters. The molecule has 0 aliphatic heterocycles. The lowest BCUT2D eigenvalue weighted by molar-refractivity contribution is 0.310. The van der Waals surface area contributed by atoms with Gasteiger partial charge in [0.15, 0.2) is 0 Å². The van der Waals surface area contributed by atoms with Crippen LogP contribution in [-0.4, -0.2) is 21.6 Å². The summed E-state index contributed by atoms with van der Waals surface area (Å²) in [6, 6.07) is 0.300. The van der Waals surface area contributed by atoms with E-state index >= 15 is 0 Å². The lowest BCUT2D eigenvalue weighted by Crippen LogP contribution is -2.02. The monoisotopic (exact) mass is 187 g/mol. The first-order chi connectivity index (χ1) is 5.76. The zero-order valence-electron chi connectivity index (χ0n) is 7.04. The van der Waals surface area contributed by atoms with Gasteiger partial charge in [0.2, 0.25) is 5.28 Å². The molecule has 1 rings (SSSR count). The van der Waals surface area contributed by atoms with Crippen LogP contribution in [0.1, 0.15) is 19.7 Å². The molecule has 1 aromatic heterocycles. The summed E-state index contributed by atoms with van der Waals surface area (Å²) < 4.78 is 5.08. The highest BCUT2D eigenvalue weighted by Gasteiger charge is 2.02. The van der Waals surface area contributed by atoms with Crippen molar-refractivity contribution < 1.29 is 4.74 Å². The Morgan fingerprint density at radius 3 is 2.58 bits per heavy atom. The molecule has 66 valence electrons. The van der Waals surface area contributed by atoms with Gasteiger partial charge < -0.3 is 4.74 Å². The molecular weight excluding hydrogens is 178 g/mol. The fourth-order valence-electron chi connectivity index (χ4n) is 0.723. The summed E-state index contributed by atoms with van der Waals surface area (Å²) in [7, 11) is 0. The zero-order chi connectivity index (χ0) is 8.97. The van der Waals surface area contributed by atoms with Crippen molar-refractivity contribution in [1.29, 1.82) is 0 Å². The Labute approximate surface area is 76.0 Å². The van der Waals surface area contributed by atoms with Crippen LogP contribution in [0.25, 0.3) is 0 Å². The maximum atomic E-state index is 5.62. The number of aromatic nitrogens is 3. The van der Waals surface area contributed by atoms with Crippen molar-refractivity contribution in [2.75, 3.05) is 6.61 Å². The van der Waals surface area contributed by atoms with Crippen LogP contribution in [0.3, 0.4) is 0 Å². The second kappa shape index (κ2) is 4.21. The molecule has 0 aliphatic rings. The van der Waals surface area contributed by atoms with Crippen LogP contribution in [0.4, 0.5) is 0 Å². The average Bonchev–Trinajstić information content (AvgIpc) is 2.04. The number of hydrogen-bond donors (Lipinski definition) is 0. The summed E-state index contributed by atoms with van der Waals surface area (Å²) in [4.78, 5) is 11.7. The average molecular weight is 188 g/mol. The summed E-state index contributed by atoms with van der Waals surface area (Å²) in [5, 5.41) is 0.185. The molecule has 0 saturated heterocycles. The van der Waals surface area contributed by atoms with Gasteiger partial charge in [-0.15, -0.1) is 0 Å². The largest absolute Gasteiger partial charge is 0.464 e. The molecule has 0 aliphatic carbocycles. The SMILES string of the molecule is CCOc1nc(Cl)nc(CC)n1. The lowest BCUT2D eigenvalue weighted by atomic mass is 10.5. The molecule has 0 bridgehead atoms. The van der Waals surface area contributed by atoms with Crippen molar-refractivity contribution in [2.24, 2.45) is 0 Å². The van der Waals surface area contributed by atoms with E-state index in [1.807, 2.05) is 13.8 Å². The molecule has 1 heterocycles. The minimum absolute atomic E-state index is 0.185. The second-order valence-electron chi connectivity index (χ2n) is 2.09. The number of rotatable bonds is 3. The van der Waals surface area contributed by atoms with Crippen molar-refractivity contribution in [3.05, 3.63) is 11.1 Å². The molecule has 0 radical (unpaired) electrons. The first kappa shape index (κ1) is 9.19. The van der Waals surface area contributed by atoms with Crippen molar-refractivity contribution in [2.45, 2.75) is 20.3 Å². The van der Waals surface area contributed by atoms with Crippen molar-refractivity contribution in [1.82, 2.24) is 15.0 Å². The van der Waals surface area contributed by atoms with Gasteiger partial charge in [0.25, 0.3) is 0 Å². The molecule has 0 unspecified atom stereocenters. The third-order valence-electron chi connectivity index (χ3n) is 1.22. The van der Waals surface area contributed by atoms with E-state index in [2.05, 4.69) is 15.0 Å². The molecule has 0 aromatic carbocycles. The predicted molar refractivity (Wildman–Crippen MR) is 45.4 cm³/mol. The van der Waals surface area contributed by atoms with Crippen molar-refractivity contribution >= 4 is 11.6 Å². The summed E-state index contributed by atoms with van der Waals surface area (Å²) in [6.07, 6.45) is 0.725. The first-order valence-electron chi connectivity index (χ1n) is 3.79. The highest BCUT2D eigenvalue weighted by atomic mass is 35.5. The Balaban J connectivity index is 2.90. The highest BCUT2D eigenvalue weighted by molar-refractivity contribution is 6.28. The van der Waals surface area contributed by atoms with E-state index < -0.39 is 0 Å². The molecule has 0 fully saturated rings. The quantitative estimate of drug-likeness (QED) is 0.720. The number of aryl methyl sites for hydroxylation is 1. The number of ether oxygens (including phenoxy) is 1. The van der Waals surface area contributed by atoms with Gasteiger partial charge in [-0.1, -0.05) is 6.92 Å². The van der Waals surface area contributed by atoms with Crippen molar-refractivity contribution in [3.8, 4) is 6.01 Å². The van der Waals surface area contributed by atoms with Gasteiger partial charge in [0.1, 0.15) is 5.82 Å². The molecule has 0 amide bonds. The molecule has 0 spiro atoms. The number of nitrogens with zero attached hydrogens (tertiary/aromatic N) is 3. The van der Waals surface area contributed by atoms with E-state index in [1.165, 1.54) is 0 Å². The fraction of sp³-hybridized carbons (Fsp3) is 0.571. The number of halogens is 1. The van der Waals surface area contributed by atoms with Crippen LogP contribution in [0, 0.1) is 0 Å². The third-order valence-corrected chi connectivity index (χ3v) is 1.39. The van der Waals surface area contributed by atoms with Crippen LogP contribution < -0.4 is 4.74 Å². The van der Waals surface area contributed by atoms with Gasteiger partial charge in [0.05, 0.1) is 6.61 Å². The van der Waals surface area contributed by atoms with Crippen LogP contribution in [-0.2, 0) is 6.42 Å². The summed E-state index contributed by atoms with van der Waals surface area (Å²) >= 11 is 5.62. The first-order valence-corrected chi connectivity index (χ1v) is 4.17. The van der Waals surface area contributed by atoms with E-state index in [0.29, 0.717) is 18.4 Å². The third kappa shape index (κ3) is 2.30. The summed E-state index contributed by atoms with van der Waals surface area (Å²) in [5.41, 5.74) is 0.